The van der Waals surface area contributed by atoms with Crippen LogP contribution in [0.1, 0.15) is 17.8 Å². The Bertz CT molecular complexity index is 726. The van der Waals surface area contributed by atoms with Gasteiger partial charge < -0.3 is 11.1 Å². The maximum Gasteiger partial charge on any atom is 0.177 e. The van der Waals surface area contributed by atoms with E-state index in [9.17, 15) is 8.42 Å². The molecule has 0 radical (unpaired) electrons. The van der Waals surface area contributed by atoms with E-state index in [0.717, 1.165) is 11.1 Å². The summed E-state index contributed by atoms with van der Waals surface area (Å²) in [6.07, 6.45) is 1.14. The third-order valence-electron chi connectivity index (χ3n) is 2.86. The molecule has 1 atom stereocenters. The van der Waals surface area contributed by atoms with Crippen LogP contribution in [0.15, 0.2) is 35.2 Å². The van der Waals surface area contributed by atoms with Gasteiger partial charge in [0, 0.05) is 11.1 Å². The zero-order valence-electron chi connectivity index (χ0n) is 11.1. The van der Waals surface area contributed by atoms with Crippen molar-refractivity contribution < 1.29 is 8.42 Å². The fourth-order valence-electron chi connectivity index (χ4n) is 1.86. The summed E-state index contributed by atoms with van der Waals surface area (Å²) in [6.45, 7) is 1.97. The Balaban J connectivity index is 2.31. The van der Waals surface area contributed by atoms with Gasteiger partial charge in [-0.2, -0.15) is 0 Å². The minimum atomic E-state index is -3.34. The van der Waals surface area contributed by atoms with E-state index in [-0.39, 0.29) is 16.6 Å². The molecule has 20 heavy (non-hydrogen) atoms. The van der Waals surface area contributed by atoms with Crippen LogP contribution in [-0.2, 0) is 9.84 Å². The van der Waals surface area contributed by atoms with Gasteiger partial charge in [-0.1, -0.05) is 17.7 Å². The van der Waals surface area contributed by atoms with Crippen LogP contribution in [0.5, 0.6) is 0 Å². The quantitative estimate of drug-likeness (QED) is 0.841. The Hall–Kier alpha value is -1.24. The van der Waals surface area contributed by atoms with Crippen LogP contribution < -0.4 is 11.1 Å². The summed E-state index contributed by atoms with van der Waals surface area (Å²) in [5.41, 5.74) is 6.78. The van der Waals surface area contributed by atoms with Crippen molar-refractivity contribution in [2.24, 2.45) is 0 Å². The van der Waals surface area contributed by atoms with Gasteiger partial charge in [0.15, 0.2) is 9.84 Å². The van der Waals surface area contributed by atoms with Gasteiger partial charge in [-0.25, -0.2) is 8.42 Å². The summed E-state index contributed by atoms with van der Waals surface area (Å²) in [7, 11) is -3.34. The molecule has 108 valence electrons. The molecule has 7 heteroatoms. The van der Waals surface area contributed by atoms with Gasteiger partial charge in [0.2, 0.25) is 0 Å². The monoisotopic (exact) mass is 330 g/mol. The molecule has 1 aromatic carbocycles. The van der Waals surface area contributed by atoms with E-state index in [0.29, 0.717) is 10.0 Å². The molecule has 2 aromatic rings. The molecule has 0 amide bonds. The van der Waals surface area contributed by atoms with Crippen molar-refractivity contribution in [2.45, 2.75) is 17.9 Å². The summed E-state index contributed by atoms with van der Waals surface area (Å²) in [5, 5.41) is 3.21. The van der Waals surface area contributed by atoms with E-state index < -0.39 is 9.84 Å². The number of para-hydroxylation sites is 1. The zero-order valence-corrected chi connectivity index (χ0v) is 13.4. The summed E-state index contributed by atoms with van der Waals surface area (Å²) in [5.74, 6) is 0. The molecule has 0 fully saturated rings. The first-order chi connectivity index (χ1) is 9.29. The van der Waals surface area contributed by atoms with Crippen LogP contribution in [0.2, 0.25) is 4.34 Å². The van der Waals surface area contributed by atoms with Gasteiger partial charge in [0.05, 0.1) is 26.6 Å². The highest BCUT2D eigenvalue weighted by atomic mass is 35.5. The lowest BCUT2D eigenvalue weighted by Gasteiger charge is -2.17. The molecule has 0 spiro atoms. The molecule has 0 aliphatic carbocycles. The summed E-state index contributed by atoms with van der Waals surface area (Å²) < 4.78 is 24.0. The SMILES string of the molecule is CC(Nc1cccc(S(C)(=O)=O)c1N)c1ccc(Cl)s1. The minimum Gasteiger partial charge on any atom is -0.396 e. The molecule has 1 unspecified atom stereocenters. The third-order valence-corrected chi connectivity index (χ3v) is 5.43. The molecule has 4 nitrogen and oxygen atoms in total. The third kappa shape index (κ3) is 3.26. The normalized spacial score (nSPS) is 13.2. The van der Waals surface area contributed by atoms with Crippen molar-refractivity contribution in [2.75, 3.05) is 17.3 Å². The Morgan fingerprint density at radius 1 is 1.30 bits per heavy atom. The molecule has 0 bridgehead atoms. The predicted molar refractivity (Wildman–Crippen MR) is 85.3 cm³/mol. The standard InChI is InChI=1S/C13H15ClN2O2S2/c1-8(10-6-7-12(14)19-10)16-9-4-3-5-11(13(9)15)20(2,17)18/h3-8,16H,15H2,1-2H3. The number of anilines is 2. The summed E-state index contributed by atoms with van der Waals surface area (Å²) >= 11 is 7.39. The highest BCUT2D eigenvalue weighted by Gasteiger charge is 2.16. The average Bonchev–Trinajstić information content (AvgIpc) is 2.77. The Labute approximate surface area is 127 Å². The van der Waals surface area contributed by atoms with E-state index in [1.165, 1.54) is 17.4 Å². The molecule has 1 aromatic heterocycles. The summed E-state index contributed by atoms with van der Waals surface area (Å²) in [6, 6.07) is 8.68. The highest BCUT2D eigenvalue weighted by Crippen LogP contribution is 2.32. The first-order valence-electron chi connectivity index (χ1n) is 5.89. The van der Waals surface area contributed by atoms with Gasteiger partial charge in [0.25, 0.3) is 0 Å². The van der Waals surface area contributed by atoms with Gasteiger partial charge >= 0.3 is 0 Å². The largest absolute Gasteiger partial charge is 0.396 e. The van der Waals surface area contributed by atoms with Crippen molar-refractivity contribution in [1.82, 2.24) is 0 Å². The van der Waals surface area contributed by atoms with Gasteiger partial charge in [0.1, 0.15) is 0 Å². The summed E-state index contributed by atoms with van der Waals surface area (Å²) in [4.78, 5) is 1.19. The topological polar surface area (TPSA) is 72.2 Å². The molecule has 3 N–H and O–H groups in total. The number of thiophene rings is 1. The second-order valence-electron chi connectivity index (χ2n) is 4.50. The highest BCUT2D eigenvalue weighted by molar-refractivity contribution is 7.90. The smallest absolute Gasteiger partial charge is 0.177 e. The lowest BCUT2D eigenvalue weighted by atomic mass is 10.2. The number of sulfone groups is 1. The molecular weight excluding hydrogens is 316 g/mol. The number of benzene rings is 1. The second kappa shape index (κ2) is 5.63. The molecule has 2 rings (SSSR count). The molecule has 0 aliphatic rings. The van der Waals surface area contributed by atoms with Crippen LogP contribution in [0.3, 0.4) is 0 Å². The van der Waals surface area contributed by atoms with Gasteiger partial charge in [-0.15, -0.1) is 11.3 Å². The van der Waals surface area contributed by atoms with Crippen LogP contribution in [0.25, 0.3) is 0 Å². The van der Waals surface area contributed by atoms with Crippen LogP contribution in [0.4, 0.5) is 11.4 Å². The van der Waals surface area contributed by atoms with Gasteiger partial charge in [-0.3, -0.25) is 0 Å². The van der Waals surface area contributed by atoms with Crippen molar-refractivity contribution in [3.05, 3.63) is 39.5 Å². The number of nitrogens with two attached hydrogens (primary N) is 1. The number of hydrogen-bond donors (Lipinski definition) is 2. The zero-order chi connectivity index (χ0) is 14.9. The van der Waals surface area contributed by atoms with Gasteiger partial charge in [-0.05, 0) is 31.2 Å². The first kappa shape index (κ1) is 15.2. The van der Waals surface area contributed by atoms with E-state index in [1.54, 1.807) is 12.1 Å². The van der Waals surface area contributed by atoms with E-state index >= 15 is 0 Å². The van der Waals surface area contributed by atoms with E-state index in [4.69, 9.17) is 17.3 Å². The number of nitrogen functional groups attached to an aromatic ring is 1. The Kier molecular flexibility index (Phi) is 4.27. The van der Waals surface area contributed by atoms with Crippen molar-refractivity contribution in [3.8, 4) is 0 Å². The average molecular weight is 331 g/mol. The molecule has 0 aliphatic heterocycles. The fraction of sp³-hybridized carbons (Fsp3) is 0.231. The lowest BCUT2D eigenvalue weighted by Crippen LogP contribution is -2.10. The molecule has 0 saturated heterocycles. The lowest BCUT2D eigenvalue weighted by molar-refractivity contribution is 0.602. The van der Waals surface area contributed by atoms with Crippen molar-refractivity contribution in [1.29, 1.82) is 0 Å². The fourth-order valence-corrected chi connectivity index (χ4v) is 3.76. The maximum atomic E-state index is 11.6. The predicted octanol–water partition coefficient (Wildman–Crippen LogP) is 3.56. The van der Waals surface area contributed by atoms with Crippen LogP contribution in [0, 0.1) is 0 Å². The molecule has 1 heterocycles. The second-order valence-corrected chi connectivity index (χ2v) is 8.23. The Morgan fingerprint density at radius 2 is 2.00 bits per heavy atom. The number of halogens is 1. The van der Waals surface area contributed by atoms with Crippen LogP contribution >= 0.6 is 22.9 Å². The van der Waals surface area contributed by atoms with E-state index in [2.05, 4.69) is 5.32 Å². The Morgan fingerprint density at radius 3 is 2.55 bits per heavy atom. The first-order valence-corrected chi connectivity index (χ1v) is 8.98. The minimum absolute atomic E-state index is 0.00962. The molecular formula is C13H15ClN2O2S2. The van der Waals surface area contributed by atoms with Crippen molar-refractivity contribution >= 4 is 44.1 Å². The van der Waals surface area contributed by atoms with E-state index in [1.807, 2.05) is 19.1 Å². The van der Waals surface area contributed by atoms with Crippen LogP contribution in [-0.4, -0.2) is 14.7 Å². The number of nitrogens with one attached hydrogen (secondary N) is 1. The number of rotatable bonds is 4. The molecule has 0 saturated carbocycles. The maximum absolute atomic E-state index is 11.6. The number of hydrogen-bond acceptors (Lipinski definition) is 5. The van der Waals surface area contributed by atoms with Crippen molar-refractivity contribution in [3.63, 3.8) is 0 Å².